The molecule has 3 rings (SSSR count). The Morgan fingerprint density at radius 2 is 1.80 bits per heavy atom. The van der Waals surface area contributed by atoms with Crippen molar-refractivity contribution in [1.82, 2.24) is 5.32 Å². The summed E-state index contributed by atoms with van der Waals surface area (Å²) in [7, 11) is 1.60. The second kappa shape index (κ2) is 10.3. The Kier molecular flexibility index (Phi) is 7.32. The highest BCUT2D eigenvalue weighted by molar-refractivity contribution is 5.81. The fourth-order valence-corrected chi connectivity index (χ4v) is 2.87. The van der Waals surface area contributed by atoms with Gasteiger partial charge in [0.2, 0.25) is 0 Å². The Morgan fingerprint density at radius 1 is 1.07 bits per heavy atom. The molecule has 0 aliphatic heterocycles. The van der Waals surface area contributed by atoms with Gasteiger partial charge in [-0.25, -0.2) is 0 Å². The number of hydrogen-bond acceptors (Lipinski definition) is 6. The second-order valence-corrected chi connectivity index (χ2v) is 6.76. The van der Waals surface area contributed by atoms with Crippen molar-refractivity contribution in [2.75, 3.05) is 20.3 Å². The van der Waals surface area contributed by atoms with Gasteiger partial charge in [-0.2, -0.15) is 0 Å². The third-order valence-corrected chi connectivity index (χ3v) is 4.47. The number of carbonyl (C=O) groups excluding carboxylic acids is 2. The summed E-state index contributed by atoms with van der Waals surface area (Å²) < 4.78 is 21.4. The van der Waals surface area contributed by atoms with Gasteiger partial charge in [0.25, 0.3) is 5.91 Å². The number of furan rings is 1. The normalized spacial score (nSPS) is 11.7. The van der Waals surface area contributed by atoms with Gasteiger partial charge in [-0.05, 0) is 49.7 Å². The molecule has 0 unspecified atom stereocenters. The number of nitrogens with one attached hydrogen (secondary N) is 1. The highest BCUT2D eigenvalue weighted by Crippen LogP contribution is 2.23. The number of ether oxygens (including phenoxy) is 3. The maximum atomic E-state index is 12.0. The van der Waals surface area contributed by atoms with Crippen molar-refractivity contribution in [1.29, 1.82) is 0 Å². The summed E-state index contributed by atoms with van der Waals surface area (Å²) in [6, 6.07) is 16.4. The van der Waals surface area contributed by atoms with Gasteiger partial charge >= 0.3 is 5.97 Å². The molecule has 1 heterocycles. The Morgan fingerprint density at radius 3 is 2.53 bits per heavy atom. The number of amides is 1. The number of methoxy groups -OCH3 is 1. The van der Waals surface area contributed by atoms with Gasteiger partial charge in [-0.1, -0.05) is 18.2 Å². The molecule has 0 spiro atoms. The Bertz CT molecular complexity index is 946. The van der Waals surface area contributed by atoms with Crippen LogP contribution < -0.4 is 14.8 Å². The highest BCUT2D eigenvalue weighted by Gasteiger charge is 2.15. The maximum absolute atomic E-state index is 12.0. The zero-order chi connectivity index (χ0) is 21.3. The molecular formula is C23H25NO6. The van der Waals surface area contributed by atoms with E-state index in [4.69, 9.17) is 18.6 Å². The van der Waals surface area contributed by atoms with Crippen LogP contribution in [0.5, 0.6) is 11.5 Å². The maximum Gasteiger partial charge on any atom is 0.306 e. The van der Waals surface area contributed by atoms with Crippen LogP contribution in [0.2, 0.25) is 0 Å². The van der Waals surface area contributed by atoms with Gasteiger partial charge in [0.15, 0.2) is 6.61 Å². The number of hydrogen-bond donors (Lipinski definition) is 1. The molecule has 0 aliphatic carbocycles. The SMILES string of the molecule is COc1ccc(OCCCC(=O)OCC(=O)N[C@H](C)c2cc3ccccc3o2)cc1. The van der Waals surface area contributed by atoms with Crippen LogP contribution in [0.25, 0.3) is 11.0 Å². The van der Waals surface area contributed by atoms with Crippen LogP contribution in [0.4, 0.5) is 0 Å². The van der Waals surface area contributed by atoms with E-state index < -0.39 is 5.97 Å². The third kappa shape index (κ3) is 6.01. The van der Waals surface area contributed by atoms with E-state index in [0.717, 1.165) is 16.7 Å². The van der Waals surface area contributed by atoms with Crippen molar-refractivity contribution in [3.8, 4) is 11.5 Å². The molecule has 0 bridgehead atoms. The van der Waals surface area contributed by atoms with Gasteiger partial charge in [0, 0.05) is 11.8 Å². The first-order valence-electron chi connectivity index (χ1n) is 9.75. The van der Waals surface area contributed by atoms with E-state index in [-0.39, 0.29) is 25.0 Å². The first-order chi connectivity index (χ1) is 14.5. The number of rotatable bonds is 10. The minimum atomic E-state index is -0.445. The lowest BCUT2D eigenvalue weighted by Gasteiger charge is -2.11. The van der Waals surface area contributed by atoms with Crippen LogP contribution in [0.3, 0.4) is 0 Å². The largest absolute Gasteiger partial charge is 0.497 e. The molecule has 7 nitrogen and oxygen atoms in total. The zero-order valence-electron chi connectivity index (χ0n) is 17.1. The van der Waals surface area contributed by atoms with Crippen LogP contribution in [-0.4, -0.2) is 32.2 Å². The van der Waals surface area contributed by atoms with Crippen molar-refractivity contribution >= 4 is 22.8 Å². The first-order valence-corrected chi connectivity index (χ1v) is 9.75. The molecule has 1 atom stereocenters. The van der Waals surface area contributed by atoms with E-state index in [1.54, 1.807) is 31.4 Å². The summed E-state index contributed by atoms with van der Waals surface area (Å²) in [6.45, 7) is 1.85. The molecule has 1 N–H and O–H groups in total. The monoisotopic (exact) mass is 411 g/mol. The summed E-state index contributed by atoms with van der Waals surface area (Å²) in [5.41, 5.74) is 0.761. The third-order valence-electron chi connectivity index (χ3n) is 4.47. The molecule has 30 heavy (non-hydrogen) atoms. The summed E-state index contributed by atoms with van der Waals surface area (Å²) in [5, 5.41) is 3.74. The lowest BCUT2D eigenvalue weighted by molar-refractivity contribution is -0.148. The predicted octanol–water partition coefficient (Wildman–Crippen LogP) is 4.02. The number of benzene rings is 2. The van der Waals surface area contributed by atoms with Crippen LogP contribution in [0, 0.1) is 0 Å². The quantitative estimate of drug-likeness (QED) is 0.401. The van der Waals surface area contributed by atoms with Crippen molar-refractivity contribution in [2.24, 2.45) is 0 Å². The Balaban J connectivity index is 1.33. The highest BCUT2D eigenvalue weighted by atomic mass is 16.5. The molecule has 3 aromatic rings. The molecule has 0 fully saturated rings. The molecule has 0 saturated carbocycles. The van der Waals surface area contributed by atoms with E-state index in [9.17, 15) is 9.59 Å². The average molecular weight is 411 g/mol. The van der Waals surface area contributed by atoms with Crippen LogP contribution in [-0.2, 0) is 14.3 Å². The minimum absolute atomic E-state index is 0.169. The minimum Gasteiger partial charge on any atom is -0.497 e. The molecule has 7 heteroatoms. The fourth-order valence-electron chi connectivity index (χ4n) is 2.87. The smallest absolute Gasteiger partial charge is 0.306 e. The van der Waals surface area contributed by atoms with Gasteiger partial charge in [0.05, 0.1) is 19.8 Å². The molecule has 0 radical (unpaired) electrons. The number of carbonyl (C=O) groups is 2. The van der Waals surface area contributed by atoms with Crippen LogP contribution >= 0.6 is 0 Å². The molecule has 0 saturated heterocycles. The summed E-state index contributed by atoms with van der Waals surface area (Å²) in [6.07, 6.45) is 0.657. The van der Waals surface area contributed by atoms with E-state index in [1.807, 2.05) is 37.3 Å². The molecular weight excluding hydrogens is 386 g/mol. The van der Waals surface area contributed by atoms with Crippen LogP contribution in [0.15, 0.2) is 59.0 Å². The van der Waals surface area contributed by atoms with E-state index in [1.165, 1.54) is 0 Å². The zero-order valence-corrected chi connectivity index (χ0v) is 17.1. The van der Waals surface area contributed by atoms with Crippen molar-refractivity contribution < 1.29 is 28.2 Å². The molecule has 1 amide bonds. The van der Waals surface area contributed by atoms with Gasteiger partial charge < -0.3 is 23.9 Å². The fraction of sp³-hybridized carbons (Fsp3) is 0.304. The average Bonchev–Trinajstić information content (AvgIpc) is 3.20. The second-order valence-electron chi connectivity index (χ2n) is 6.76. The molecule has 0 aliphatic rings. The van der Waals surface area contributed by atoms with E-state index >= 15 is 0 Å². The summed E-state index contributed by atoms with van der Waals surface area (Å²) in [4.78, 5) is 23.9. The number of fused-ring (bicyclic) bond motifs is 1. The topological polar surface area (TPSA) is 87.0 Å². The lowest BCUT2D eigenvalue weighted by atomic mass is 10.2. The Labute approximate surface area is 174 Å². The van der Waals surface area contributed by atoms with Gasteiger partial charge in [-0.15, -0.1) is 0 Å². The van der Waals surface area contributed by atoms with Crippen molar-refractivity contribution in [2.45, 2.75) is 25.8 Å². The number of esters is 1. The standard InChI is InChI=1S/C23H25NO6/c1-16(21-14-17-6-3-4-7-20(17)30-21)24-22(25)15-29-23(26)8-5-13-28-19-11-9-18(27-2)10-12-19/h3-4,6-7,9-12,14,16H,5,8,13,15H2,1-2H3,(H,24,25)/t16-/m1/s1. The summed E-state index contributed by atoms with van der Waals surface area (Å²) >= 11 is 0. The van der Waals surface area contributed by atoms with E-state index in [2.05, 4.69) is 5.32 Å². The molecule has 1 aromatic heterocycles. The number of para-hydroxylation sites is 1. The molecule has 2 aromatic carbocycles. The van der Waals surface area contributed by atoms with Crippen molar-refractivity contribution in [3.63, 3.8) is 0 Å². The van der Waals surface area contributed by atoms with Crippen LogP contribution in [0.1, 0.15) is 31.6 Å². The molecule has 158 valence electrons. The Hall–Kier alpha value is -3.48. The van der Waals surface area contributed by atoms with E-state index in [0.29, 0.717) is 24.5 Å². The van der Waals surface area contributed by atoms with Gasteiger partial charge in [-0.3, -0.25) is 9.59 Å². The lowest BCUT2D eigenvalue weighted by Crippen LogP contribution is -2.31. The predicted molar refractivity (Wildman–Crippen MR) is 111 cm³/mol. The van der Waals surface area contributed by atoms with Crippen molar-refractivity contribution in [3.05, 3.63) is 60.4 Å². The first kappa shape index (κ1) is 21.2. The van der Waals surface area contributed by atoms with Gasteiger partial charge in [0.1, 0.15) is 22.8 Å². The summed E-state index contributed by atoms with van der Waals surface area (Å²) in [5.74, 6) is 1.26.